The summed E-state index contributed by atoms with van der Waals surface area (Å²) in [5, 5.41) is 11.1. The highest BCUT2D eigenvalue weighted by atomic mass is 28.3. The first-order valence-corrected chi connectivity index (χ1v) is 49.4. The highest BCUT2D eigenvalue weighted by molar-refractivity contribution is 7.22. The highest BCUT2D eigenvalue weighted by Crippen LogP contribution is 2.46. The molecular formula is C126H92N4Si2. The van der Waals surface area contributed by atoms with Gasteiger partial charge in [-0.15, -0.1) is 0 Å². The molecule has 132 heavy (non-hydrogen) atoms. The zero-order valence-corrected chi connectivity index (χ0v) is 74.9. The molecule has 6 heteroatoms. The number of anilines is 12. The molecule has 0 unspecified atom stereocenters. The van der Waals surface area contributed by atoms with Gasteiger partial charge in [0.2, 0.25) is 0 Å². The molecule has 0 fully saturated rings. The van der Waals surface area contributed by atoms with Crippen LogP contribution in [-0.4, -0.2) is 16.1 Å². The molecular weight excluding hydrogens is 1630 g/mol. The van der Waals surface area contributed by atoms with Crippen LogP contribution in [0.15, 0.2) is 558 Å². The predicted octanol–water partition coefficient (Wildman–Crippen LogP) is 28.3. The summed E-state index contributed by atoms with van der Waals surface area (Å²) < 4.78 is 0. The summed E-state index contributed by atoms with van der Waals surface area (Å²) >= 11 is 0. The van der Waals surface area contributed by atoms with E-state index < -0.39 is 16.1 Å². The third-order valence-electron chi connectivity index (χ3n) is 26.3. The van der Waals surface area contributed by atoms with E-state index in [0.717, 1.165) is 51.1 Å². The minimum Gasteiger partial charge on any atom is -0.311 e. The van der Waals surface area contributed by atoms with E-state index in [1.54, 1.807) is 0 Å². The fourth-order valence-corrected chi connectivity index (χ4v) is 30.2. The second-order valence-corrected chi connectivity index (χ2v) is 41.3. The lowest BCUT2D eigenvalue weighted by atomic mass is 10.00. The van der Waals surface area contributed by atoms with Crippen LogP contribution in [0.4, 0.5) is 68.2 Å². The van der Waals surface area contributed by atoms with Crippen LogP contribution in [0.5, 0.6) is 0 Å². The Hall–Kier alpha value is -16.7. The normalized spacial score (nSPS) is 12.5. The van der Waals surface area contributed by atoms with Gasteiger partial charge in [0.15, 0.2) is 16.1 Å². The van der Waals surface area contributed by atoms with Crippen molar-refractivity contribution < 1.29 is 0 Å². The third-order valence-corrected chi connectivity index (χ3v) is 36.0. The van der Waals surface area contributed by atoms with Crippen LogP contribution >= 0.6 is 0 Å². The first kappa shape index (κ1) is 81.0. The molecule has 2 heterocycles. The smallest absolute Gasteiger partial charge is 0.184 e. The molecule has 0 bridgehead atoms. The van der Waals surface area contributed by atoms with E-state index in [9.17, 15) is 0 Å². The van der Waals surface area contributed by atoms with Crippen molar-refractivity contribution in [1.29, 1.82) is 0 Å². The molecule has 4 nitrogen and oxygen atoms in total. The highest BCUT2D eigenvalue weighted by Gasteiger charge is 2.51. The first-order valence-electron chi connectivity index (χ1n) is 45.4. The number of para-hydroxylation sites is 4. The predicted molar refractivity (Wildman–Crippen MR) is 564 cm³/mol. The Morgan fingerprint density at radius 2 is 0.295 bits per heavy atom. The summed E-state index contributed by atoms with van der Waals surface area (Å²) in [5.41, 5.74) is 30.4. The molecule has 2 aliphatic heterocycles. The van der Waals surface area contributed by atoms with E-state index in [-0.39, 0.29) is 0 Å². The van der Waals surface area contributed by atoms with Gasteiger partial charge in [-0.05, 0) is 241 Å². The van der Waals surface area contributed by atoms with Gasteiger partial charge in [0.25, 0.3) is 0 Å². The van der Waals surface area contributed by atoms with Crippen molar-refractivity contribution >= 4 is 126 Å². The summed E-state index contributed by atoms with van der Waals surface area (Å²) in [7, 11) is -5.56. The van der Waals surface area contributed by atoms with Gasteiger partial charge in [-0.1, -0.05) is 437 Å². The van der Waals surface area contributed by atoms with Gasteiger partial charge in [0, 0.05) is 68.2 Å². The second-order valence-electron chi connectivity index (χ2n) is 33.8. The summed E-state index contributed by atoms with van der Waals surface area (Å²) in [4.78, 5) is 9.69. The maximum absolute atomic E-state index is 2.79. The van der Waals surface area contributed by atoms with Crippen LogP contribution in [0.3, 0.4) is 0 Å². The molecule has 0 N–H and O–H groups in total. The zero-order valence-electron chi connectivity index (χ0n) is 72.9. The Bertz CT molecular complexity index is 7360. The number of hydrogen-bond acceptors (Lipinski definition) is 4. The largest absolute Gasteiger partial charge is 0.311 e. The quantitative estimate of drug-likeness (QED) is 0.0748. The molecule has 2 aliphatic rings. The fraction of sp³-hybridized carbons (Fsp3) is 0. The number of hydrogen-bond donors (Lipinski definition) is 0. The van der Waals surface area contributed by atoms with Crippen molar-refractivity contribution in [2.24, 2.45) is 0 Å². The third kappa shape index (κ3) is 15.3. The van der Waals surface area contributed by atoms with Crippen LogP contribution in [0.2, 0.25) is 0 Å². The monoisotopic (exact) mass is 1720 g/mol. The minimum atomic E-state index is -2.79. The Labute approximate surface area is 775 Å². The number of benzene rings is 21. The first-order chi connectivity index (χ1) is 65.5. The lowest BCUT2D eigenvalue weighted by molar-refractivity contribution is 1.28. The van der Waals surface area contributed by atoms with Crippen molar-refractivity contribution in [3.63, 3.8) is 0 Å². The van der Waals surface area contributed by atoms with Crippen molar-refractivity contribution in [1.82, 2.24) is 0 Å². The van der Waals surface area contributed by atoms with Gasteiger partial charge < -0.3 is 19.6 Å². The maximum Gasteiger partial charge on any atom is 0.184 e. The lowest BCUT2D eigenvalue weighted by Gasteiger charge is -2.45. The lowest BCUT2D eigenvalue weighted by Crippen LogP contribution is -2.77. The van der Waals surface area contributed by atoms with Crippen LogP contribution in [0.1, 0.15) is 0 Å². The van der Waals surface area contributed by atoms with E-state index >= 15 is 0 Å². The van der Waals surface area contributed by atoms with Gasteiger partial charge in [-0.25, -0.2) is 0 Å². The topological polar surface area (TPSA) is 13.0 Å². The average Bonchev–Trinajstić information content (AvgIpc) is 0.697. The van der Waals surface area contributed by atoms with Crippen LogP contribution in [0.25, 0.3) is 77.9 Å². The summed E-state index contributed by atoms with van der Waals surface area (Å²) in [5.74, 6) is 0. The Morgan fingerprint density at radius 1 is 0.129 bits per heavy atom. The number of rotatable bonds is 19. The standard InChI is InChI=1S/C66H48N2Si.C60H44N2Si/c1-6-18-49(19-7-1)51-30-32-52(33-31-51)54-36-43-59(44-37-54)67(58-41-34-53(35-42-58)50-20-8-2-9-21-50)60-45-38-55(39-46-60)56-40-47-66-64(48-56)68(57-22-10-3-11-23-57)63-28-16-17-29-65(63)69(66,61-24-12-4-13-25-61)62-26-14-5-15-27-62;1-6-18-45(19-7-1)47-30-37-52(38-31-47)61(53-39-32-48(33-40-53)46-20-8-2-9-21-46)54-41-34-49(35-42-54)50-36-43-60-58(44-50)62(51-22-10-3-11-23-51)57-28-16-17-29-59(57)63(60,55-24-12-4-13-25-55)56-26-14-5-15-27-56/h1-48H;1-44H. The van der Waals surface area contributed by atoms with E-state index in [4.69, 9.17) is 0 Å². The van der Waals surface area contributed by atoms with E-state index in [2.05, 4.69) is 578 Å². The van der Waals surface area contributed by atoms with Crippen LogP contribution in [-0.2, 0) is 0 Å². The van der Waals surface area contributed by atoms with Crippen molar-refractivity contribution in [3.05, 3.63) is 558 Å². The van der Waals surface area contributed by atoms with E-state index in [0.29, 0.717) is 0 Å². The summed E-state index contributed by atoms with van der Waals surface area (Å²) in [6.07, 6.45) is 0. The minimum absolute atomic E-state index is 1.09. The van der Waals surface area contributed by atoms with Gasteiger partial charge >= 0.3 is 0 Å². The molecule has 21 aromatic rings. The SMILES string of the molecule is c1ccc(-c2ccc(-c3ccc(N(c4ccc(-c5ccccc5)cc4)c4ccc(-c5ccc6c(c5)N(c5ccccc5)c5ccccc5[Si]6(c5ccccc5)c5ccccc5)cc4)cc3)cc2)cc1.c1ccc(-c2ccc(N(c3ccc(-c4ccccc4)cc3)c3ccc(-c4ccc5c(c4)N(c4ccccc4)c4ccccc4[Si]5(c4ccccc4)c4ccccc4)cc3)cc2)cc1. The number of nitrogens with zero attached hydrogens (tertiary/aromatic N) is 4. The molecule has 0 saturated carbocycles. The Morgan fingerprint density at radius 3 is 0.530 bits per heavy atom. The zero-order chi connectivity index (χ0) is 88.0. The van der Waals surface area contributed by atoms with Crippen molar-refractivity contribution in [2.45, 2.75) is 0 Å². The average molecular weight is 1720 g/mol. The Balaban J connectivity index is 0.000000155. The van der Waals surface area contributed by atoms with Gasteiger partial charge in [0.05, 0.1) is 0 Å². The molecule has 0 radical (unpaired) electrons. The number of fused-ring (bicyclic) bond motifs is 4. The van der Waals surface area contributed by atoms with Crippen molar-refractivity contribution in [3.8, 4) is 77.9 Å². The van der Waals surface area contributed by atoms with Crippen LogP contribution in [0, 0.1) is 0 Å². The van der Waals surface area contributed by atoms with Crippen LogP contribution < -0.4 is 61.1 Å². The summed E-state index contributed by atoms with van der Waals surface area (Å²) in [6.45, 7) is 0. The molecule has 23 rings (SSSR count). The van der Waals surface area contributed by atoms with Gasteiger partial charge in [0.1, 0.15) is 0 Å². The molecule has 0 saturated heterocycles. The van der Waals surface area contributed by atoms with E-state index in [1.165, 1.54) is 137 Å². The molecule has 0 aromatic heterocycles. The molecule has 0 aliphatic carbocycles. The van der Waals surface area contributed by atoms with E-state index in [1.807, 2.05) is 0 Å². The molecule has 624 valence electrons. The molecule has 0 amide bonds. The fourth-order valence-electron chi connectivity index (χ4n) is 20.1. The summed E-state index contributed by atoms with van der Waals surface area (Å²) in [6, 6.07) is 204. The van der Waals surface area contributed by atoms with Gasteiger partial charge in [-0.2, -0.15) is 0 Å². The van der Waals surface area contributed by atoms with Gasteiger partial charge in [-0.3, -0.25) is 0 Å². The Kier molecular flexibility index (Phi) is 22.2. The maximum atomic E-state index is 2.49. The molecule has 0 spiro atoms. The molecule has 0 atom stereocenters. The molecule has 21 aromatic carbocycles. The van der Waals surface area contributed by atoms with Crippen molar-refractivity contribution in [2.75, 3.05) is 19.6 Å². The second kappa shape index (κ2) is 36.2.